The maximum Gasteiger partial charge on any atom is 0.322 e. The molecular formula is C18H21BrN2OS. The zero-order valence-electron chi connectivity index (χ0n) is 13.2. The number of anilines is 1. The average molecular weight is 393 g/mol. The van der Waals surface area contributed by atoms with Crippen LogP contribution in [-0.4, -0.2) is 17.5 Å². The predicted molar refractivity (Wildman–Crippen MR) is 100 cm³/mol. The fourth-order valence-electron chi connectivity index (χ4n) is 3.03. The van der Waals surface area contributed by atoms with Gasteiger partial charge in [0.2, 0.25) is 0 Å². The lowest BCUT2D eigenvalue weighted by molar-refractivity contribution is 0.190. The van der Waals surface area contributed by atoms with Crippen LogP contribution in [0.15, 0.2) is 40.9 Å². The van der Waals surface area contributed by atoms with Gasteiger partial charge in [-0.2, -0.15) is 0 Å². The van der Waals surface area contributed by atoms with Crippen LogP contribution in [0.3, 0.4) is 0 Å². The molecule has 0 unspecified atom stereocenters. The van der Waals surface area contributed by atoms with Gasteiger partial charge < -0.3 is 10.2 Å². The van der Waals surface area contributed by atoms with E-state index in [2.05, 4.69) is 40.3 Å². The number of nitrogens with one attached hydrogen (secondary N) is 1. The highest BCUT2D eigenvalue weighted by atomic mass is 79.9. The Morgan fingerprint density at radius 1 is 1.22 bits per heavy atom. The maximum absolute atomic E-state index is 12.9. The number of thiophene rings is 1. The summed E-state index contributed by atoms with van der Waals surface area (Å²) in [6.45, 7) is 2.94. The molecule has 1 atom stereocenters. The summed E-state index contributed by atoms with van der Waals surface area (Å²) in [5, 5.41) is 3.06. The van der Waals surface area contributed by atoms with E-state index in [0.29, 0.717) is 0 Å². The molecule has 1 aliphatic rings. The number of nitrogens with zero attached hydrogens (tertiary/aromatic N) is 1. The molecule has 2 aromatic rings. The minimum Gasteiger partial charge on any atom is -0.317 e. The van der Waals surface area contributed by atoms with Crippen LogP contribution in [0.2, 0.25) is 0 Å². The Morgan fingerprint density at radius 3 is 2.78 bits per heavy atom. The van der Waals surface area contributed by atoms with Gasteiger partial charge in [-0.05, 0) is 60.0 Å². The second-order valence-corrected chi connectivity index (χ2v) is 8.09. The van der Waals surface area contributed by atoms with Gasteiger partial charge in [-0.15, -0.1) is 11.3 Å². The lowest BCUT2D eigenvalue weighted by atomic mass is 10.1. The van der Waals surface area contributed by atoms with Gasteiger partial charge in [0.05, 0.1) is 11.7 Å². The van der Waals surface area contributed by atoms with E-state index >= 15 is 0 Å². The summed E-state index contributed by atoms with van der Waals surface area (Å²) in [7, 11) is 0. The number of halogens is 1. The molecule has 1 N–H and O–H groups in total. The van der Waals surface area contributed by atoms with Gasteiger partial charge in [-0.3, -0.25) is 0 Å². The summed E-state index contributed by atoms with van der Waals surface area (Å²) in [6.07, 6.45) is 4.49. The van der Waals surface area contributed by atoms with Gasteiger partial charge >= 0.3 is 6.03 Å². The standard InChI is InChI=1S/C18H21BrN2OS/c1-13-10-11-17(23-13)16-9-3-2-6-12-21(16)18(22)20-15-8-5-4-7-14(15)19/h4-5,7-8,10-11,16H,2-3,6,9,12H2,1H3,(H,20,22)/t16-/m1/s1. The third-order valence-corrected chi connectivity index (χ3v) is 6.01. The molecule has 23 heavy (non-hydrogen) atoms. The molecule has 3 nitrogen and oxygen atoms in total. The second kappa shape index (κ2) is 7.49. The van der Waals surface area contributed by atoms with Gasteiger partial charge in [0.1, 0.15) is 0 Å². The fourth-order valence-corrected chi connectivity index (χ4v) is 4.44. The molecular weight excluding hydrogens is 372 g/mol. The van der Waals surface area contributed by atoms with E-state index in [1.54, 1.807) is 11.3 Å². The molecule has 5 heteroatoms. The van der Waals surface area contributed by atoms with Crippen molar-refractivity contribution in [3.05, 3.63) is 50.6 Å². The molecule has 2 amide bonds. The molecule has 1 aromatic carbocycles. The monoisotopic (exact) mass is 392 g/mol. The lowest BCUT2D eigenvalue weighted by Crippen LogP contribution is -2.37. The first-order chi connectivity index (χ1) is 11.1. The Kier molecular flexibility index (Phi) is 5.38. The normalized spacial score (nSPS) is 18.5. The number of benzene rings is 1. The number of rotatable bonds is 2. The van der Waals surface area contributed by atoms with Crippen molar-refractivity contribution in [2.75, 3.05) is 11.9 Å². The van der Waals surface area contributed by atoms with E-state index in [-0.39, 0.29) is 12.1 Å². The zero-order chi connectivity index (χ0) is 16.2. The van der Waals surface area contributed by atoms with Crippen LogP contribution >= 0.6 is 27.3 Å². The number of hydrogen-bond donors (Lipinski definition) is 1. The second-order valence-electron chi connectivity index (χ2n) is 5.92. The first kappa shape index (κ1) is 16.5. The van der Waals surface area contributed by atoms with E-state index in [0.717, 1.165) is 29.5 Å². The molecule has 0 bridgehead atoms. The van der Waals surface area contributed by atoms with Crippen LogP contribution in [0.4, 0.5) is 10.5 Å². The van der Waals surface area contributed by atoms with Crippen molar-refractivity contribution in [1.29, 1.82) is 0 Å². The van der Waals surface area contributed by atoms with E-state index < -0.39 is 0 Å². The van der Waals surface area contributed by atoms with Gasteiger partial charge in [-0.25, -0.2) is 4.79 Å². The molecule has 3 rings (SSSR count). The molecule has 2 heterocycles. The number of aryl methyl sites for hydroxylation is 1. The summed E-state index contributed by atoms with van der Waals surface area (Å²) in [4.78, 5) is 17.5. The van der Waals surface area contributed by atoms with E-state index in [4.69, 9.17) is 0 Å². The zero-order valence-corrected chi connectivity index (χ0v) is 15.6. The summed E-state index contributed by atoms with van der Waals surface area (Å²) >= 11 is 5.30. The highest BCUT2D eigenvalue weighted by Gasteiger charge is 2.28. The Morgan fingerprint density at radius 2 is 2.04 bits per heavy atom. The van der Waals surface area contributed by atoms with E-state index in [1.165, 1.54) is 22.6 Å². The number of carbonyl (C=O) groups is 1. The minimum absolute atomic E-state index is 0.00477. The first-order valence-electron chi connectivity index (χ1n) is 8.03. The molecule has 1 aromatic heterocycles. The third-order valence-electron chi connectivity index (χ3n) is 4.22. The van der Waals surface area contributed by atoms with Crippen molar-refractivity contribution in [3.63, 3.8) is 0 Å². The Labute approximate surface area is 149 Å². The Balaban J connectivity index is 1.81. The number of para-hydroxylation sites is 1. The third kappa shape index (κ3) is 3.96. The van der Waals surface area contributed by atoms with Crippen LogP contribution in [0, 0.1) is 6.92 Å². The highest BCUT2D eigenvalue weighted by Crippen LogP contribution is 2.35. The van der Waals surface area contributed by atoms with Gasteiger partial charge in [0.25, 0.3) is 0 Å². The predicted octanol–water partition coefficient (Wildman–Crippen LogP) is 5.97. The topological polar surface area (TPSA) is 32.3 Å². The van der Waals surface area contributed by atoms with Crippen LogP contribution in [0.5, 0.6) is 0 Å². The van der Waals surface area contributed by atoms with E-state index in [1.807, 2.05) is 29.2 Å². The fraction of sp³-hybridized carbons (Fsp3) is 0.389. The highest BCUT2D eigenvalue weighted by molar-refractivity contribution is 9.10. The molecule has 1 saturated heterocycles. The lowest BCUT2D eigenvalue weighted by Gasteiger charge is -2.29. The largest absolute Gasteiger partial charge is 0.322 e. The quantitative estimate of drug-likeness (QED) is 0.670. The summed E-state index contributed by atoms with van der Waals surface area (Å²) in [5.74, 6) is 0. The summed E-state index contributed by atoms with van der Waals surface area (Å²) < 4.78 is 0.909. The number of likely N-dealkylation sites (tertiary alicyclic amines) is 1. The molecule has 0 aliphatic carbocycles. The number of carbonyl (C=O) groups excluding carboxylic acids is 1. The molecule has 1 aliphatic heterocycles. The van der Waals surface area contributed by atoms with Crippen molar-refractivity contribution in [2.45, 2.75) is 38.6 Å². The molecule has 1 fully saturated rings. The van der Waals surface area contributed by atoms with Crippen molar-refractivity contribution in [1.82, 2.24) is 4.90 Å². The van der Waals surface area contributed by atoms with Crippen molar-refractivity contribution >= 4 is 39.0 Å². The summed E-state index contributed by atoms with van der Waals surface area (Å²) in [6, 6.07) is 12.3. The van der Waals surface area contributed by atoms with Crippen molar-refractivity contribution in [3.8, 4) is 0 Å². The van der Waals surface area contributed by atoms with Crippen molar-refractivity contribution in [2.24, 2.45) is 0 Å². The Bertz CT molecular complexity index is 685. The van der Waals surface area contributed by atoms with Crippen LogP contribution in [0.25, 0.3) is 0 Å². The maximum atomic E-state index is 12.9. The minimum atomic E-state index is -0.00477. The van der Waals surface area contributed by atoms with Crippen molar-refractivity contribution < 1.29 is 4.79 Å². The van der Waals surface area contributed by atoms with Gasteiger partial charge in [-0.1, -0.05) is 25.0 Å². The van der Waals surface area contributed by atoms with E-state index in [9.17, 15) is 4.79 Å². The van der Waals surface area contributed by atoms with Crippen LogP contribution in [0.1, 0.15) is 41.5 Å². The smallest absolute Gasteiger partial charge is 0.317 e. The number of amides is 2. The number of hydrogen-bond acceptors (Lipinski definition) is 2. The Hall–Kier alpha value is -1.33. The average Bonchev–Trinajstić information content (AvgIpc) is 2.82. The molecule has 122 valence electrons. The first-order valence-corrected chi connectivity index (χ1v) is 9.64. The van der Waals surface area contributed by atoms with Crippen LogP contribution < -0.4 is 5.32 Å². The molecule has 0 spiro atoms. The van der Waals surface area contributed by atoms with Crippen LogP contribution in [-0.2, 0) is 0 Å². The number of urea groups is 1. The SMILES string of the molecule is Cc1ccc([C@H]2CCCCCN2C(=O)Nc2ccccc2Br)s1. The van der Waals surface area contributed by atoms with Gasteiger partial charge in [0, 0.05) is 20.8 Å². The molecule has 0 saturated carbocycles. The summed E-state index contributed by atoms with van der Waals surface area (Å²) in [5.41, 5.74) is 0.822. The van der Waals surface area contributed by atoms with Gasteiger partial charge in [0.15, 0.2) is 0 Å². The molecule has 0 radical (unpaired) electrons.